The van der Waals surface area contributed by atoms with Crippen LogP contribution in [-0.2, 0) is 10.0 Å². The third kappa shape index (κ3) is 5.36. The van der Waals surface area contributed by atoms with Gasteiger partial charge >= 0.3 is 0 Å². The lowest BCUT2D eigenvalue weighted by molar-refractivity contribution is 0.103. The number of hydrogen-bond acceptors (Lipinski definition) is 5. The minimum absolute atomic E-state index is 0.0214. The second-order valence-corrected chi connectivity index (χ2v) is 9.34. The Balaban J connectivity index is 2.47. The summed E-state index contributed by atoms with van der Waals surface area (Å²) in [7, 11) is -2.39. The summed E-state index contributed by atoms with van der Waals surface area (Å²) in [4.78, 5) is 17.1. The first-order valence-corrected chi connectivity index (χ1v) is 11.0. The Morgan fingerprint density at radius 2 is 1.97 bits per heavy atom. The fourth-order valence-corrected chi connectivity index (χ4v) is 4.71. The van der Waals surface area contributed by atoms with Gasteiger partial charge in [-0.05, 0) is 30.0 Å². The first-order chi connectivity index (χ1) is 13.6. The number of rotatable bonds is 9. The summed E-state index contributed by atoms with van der Waals surface area (Å²) in [5, 5.41) is -0.641. The van der Waals surface area contributed by atoms with Crippen LogP contribution < -0.4 is 9.46 Å². The molecule has 1 unspecified atom stereocenters. The molecule has 0 aliphatic heterocycles. The van der Waals surface area contributed by atoms with Crippen LogP contribution in [0.15, 0.2) is 49.2 Å². The second kappa shape index (κ2) is 9.41. The van der Waals surface area contributed by atoms with E-state index in [-0.39, 0.29) is 28.2 Å². The number of benzene rings is 1. The van der Waals surface area contributed by atoms with Gasteiger partial charge in [0.05, 0.1) is 17.8 Å². The van der Waals surface area contributed by atoms with Crippen molar-refractivity contribution in [2.24, 2.45) is 11.8 Å². The van der Waals surface area contributed by atoms with Crippen LogP contribution in [-0.4, -0.2) is 31.5 Å². The average Bonchev–Trinajstić information content (AvgIpc) is 2.67. The summed E-state index contributed by atoms with van der Waals surface area (Å²) in [6, 6.07) is 7.92. The van der Waals surface area contributed by atoms with Crippen molar-refractivity contribution >= 4 is 33.1 Å². The van der Waals surface area contributed by atoms with Gasteiger partial charge in [0.15, 0.2) is 0 Å². The molecule has 2 atom stereocenters. The number of anilines is 1. The number of pyridine rings is 1. The molecule has 1 N–H and O–H groups in total. The molecule has 0 aliphatic rings. The molecule has 1 aromatic carbocycles. The molecule has 156 valence electrons. The molecule has 0 radical (unpaired) electrons. The molecule has 6 nitrogen and oxygen atoms in total. The Morgan fingerprint density at radius 3 is 2.55 bits per heavy atom. The molecular weight excluding hydrogens is 412 g/mol. The molecule has 0 aliphatic carbocycles. The van der Waals surface area contributed by atoms with Crippen molar-refractivity contribution in [3.05, 3.63) is 65.5 Å². The molecule has 29 heavy (non-hydrogen) atoms. The summed E-state index contributed by atoms with van der Waals surface area (Å²) >= 11 is 6.02. The molecule has 2 rings (SSSR count). The Labute approximate surface area is 177 Å². The van der Waals surface area contributed by atoms with E-state index in [4.69, 9.17) is 16.3 Å². The molecule has 1 heterocycles. The number of aromatic nitrogens is 1. The summed E-state index contributed by atoms with van der Waals surface area (Å²) in [5.74, 6) is -0.0191. The standard InChI is InChI=1S/C21H25ClN2O4S/c1-6-19(14(4)13(2)3)29(26,27)24-18-11-16(22)12-23-20(18)21(25)15-8-7-9-17(10-15)28-5/h6-14,19,24H,1H2,2-5H3/t14-,19?/m0/s1. The fraction of sp³-hybridized carbons (Fsp3) is 0.333. The first kappa shape index (κ1) is 22.9. The number of nitrogens with one attached hydrogen (secondary N) is 1. The van der Waals surface area contributed by atoms with E-state index in [0.29, 0.717) is 11.3 Å². The zero-order chi connectivity index (χ0) is 21.8. The van der Waals surface area contributed by atoms with Crippen LogP contribution >= 0.6 is 11.6 Å². The van der Waals surface area contributed by atoms with Gasteiger partial charge in [-0.15, -0.1) is 6.58 Å². The first-order valence-electron chi connectivity index (χ1n) is 9.09. The molecule has 0 bridgehead atoms. The highest BCUT2D eigenvalue weighted by molar-refractivity contribution is 7.93. The van der Waals surface area contributed by atoms with E-state index in [9.17, 15) is 13.2 Å². The molecular formula is C21H25ClN2O4S. The smallest absolute Gasteiger partial charge is 0.239 e. The van der Waals surface area contributed by atoms with Crippen LogP contribution in [0.3, 0.4) is 0 Å². The normalized spacial score (nSPS) is 13.6. The maximum absolute atomic E-state index is 13.0. The van der Waals surface area contributed by atoms with Crippen LogP contribution in [0.25, 0.3) is 0 Å². The van der Waals surface area contributed by atoms with Crippen molar-refractivity contribution in [3.8, 4) is 5.75 Å². The van der Waals surface area contributed by atoms with Crippen LogP contribution in [0.1, 0.15) is 36.8 Å². The van der Waals surface area contributed by atoms with Crippen LogP contribution in [0.5, 0.6) is 5.75 Å². The number of sulfonamides is 1. The van der Waals surface area contributed by atoms with Gasteiger partial charge < -0.3 is 4.74 Å². The van der Waals surface area contributed by atoms with E-state index >= 15 is 0 Å². The van der Waals surface area contributed by atoms with E-state index in [0.717, 1.165) is 0 Å². The Bertz CT molecular complexity index is 1010. The summed E-state index contributed by atoms with van der Waals surface area (Å²) < 4.78 is 33.7. The van der Waals surface area contributed by atoms with Gasteiger partial charge in [-0.25, -0.2) is 13.4 Å². The predicted octanol–water partition coefficient (Wildman–Crippen LogP) is 4.56. The molecule has 0 saturated carbocycles. The van der Waals surface area contributed by atoms with E-state index < -0.39 is 21.1 Å². The number of halogens is 1. The quantitative estimate of drug-likeness (QED) is 0.460. The third-order valence-corrected chi connectivity index (χ3v) is 6.86. The lowest BCUT2D eigenvalue weighted by atomic mass is 9.94. The predicted molar refractivity (Wildman–Crippen MR) is 116 cm³/mol. The highest BCUT2D eigenvalue weighted by atomic mass is 35.5. The van der Waals surface area contributed by atoms with E-state index in [1.807, 2.05) is 20.8 Å². The van der Waals surface area contributed by atoms with Gasteiger partial charge in [-0.1, -0.05) is 50.6 Å². The molecule has 0 fully saturated rings. The summed E-state index contributed by atoms with van der Waals surface area (Å²) in [6.45, 7) is 9.39. The highest BCUT2D eigenvalue weighted by Gasteiger charge is 2.31. The van der Waals surface area contributed by atoms with Gasteiger partial charge in [0.2, 0.25) is 15.8 Å². The zero-order valence-electron chi connectivity index (χ0n) is 16.8. The van der Waals surface area contributed by atoms with Crippen LogP contribution in [0, 0.1) is 11.8 Å². The third-order valence-electron chi connectivity index (χ3n) is 4.81. The van der Waals surface area contributed by atoms with Crippen molar-refractivity contribution in [1.82, 2.24) is 4.98 Å². The molecule has 8 heteroatoms. The second-order valence-electron chi connectivity index (χ2n) is 7.06. The molecule has 0 spiro atoms. The van der Waals surface area contributed by atoms with Crippen molar-refractivity contribution in [3.63, 3.8) is 0 Å². The van der Waals surface area contributed by atoms with Crippen molar-refractivity contribution in [2.45, 2.75) is 26.0 Å². The van der Waals surface area contributed by atoms with Crippen LogP contribution in [0.4, 0.5) is 5.69 Å². The minimum Gasteiger partial charge on any atom is -0.497 e. The number of nitrogens with zero attached hydrogens (tertiary/aromatic N) is 1. The number of methoxy groups -OCH3 is 1. The van der Waals surface area contributed by atoms with E-state index in [1.54, 1.807) is 24.3 Å². The molecule has 1 aromatic heterocycles. The van der Waals surface area contributed by atoms with Crippen molar-refractivity contribution in [2.75, 3.05) is 11.8 Å². The van der Waals surface area contributed by atoms with Gasteiger partial charge in [-0.3, -0.25) is 9.52 Å². The number of carbonyl (C=O) groups is 1. The zero-order valence-corrected chi connectivity index (χ0v) is 18.4. The average molecular weight is 437 g/mol. The van der Waals surface area contributed by atoms with Gasteiger partial charge in [-0.2, -0.15) is 0 Å². The number of carbonyl (C=O) groups excluding carboxylic acids is 1. The lowest BCUT2D eigenvalue weighted by Gasteiger charge is -2.25. The van der Waals surface area contributed by atoms with Gasteiger partial charge in [0, 0.05) is 11.8 Å². The molecule has 2 aromatic rings. The summed E-state index contributed by atoms with van der Waals surface area (Å²) in [6.07, 6.45) is 2.70. The molecule has 0 amide bonds. The molecule has 0 saturated heterocycles. The largest absolute Gasteiger partial charge is 0.497 e. The Hall–Kier alpha value is -2.38. The fourth-order valence-electron chi connectivity index (χ4n) is 2.82. The highest BCUT2D eigenvalue weighted by Crippen LogP contribution is 2.27. The SMILES string of the molecule is C=CC([C@@H](C)C(C)C)S(=O)(=O)Nc1cc(Cl)cnc1C(=O)c1cccc(OC)c1. The van der Waals surface area contributed by atoms with Crippen LogP contribution in [0.2, 0.25) is 5.02 Å². The maximum Gasteiger partial charge on any atom is 0.239 e. The van der Waals surface area contributed by atoms with Crippen molar-refractivity contribution in [1.29, 1.82) is 0 Å². The Morgan fingerprint density at radius 1 is 1.28 bits per heavy atom. The number of hydrogen-bond donors (Lipinski definition) is 1. The monoisotopic (exact) mass is 436 g/mol. The van der Waals surface area contributed by atoms with Gasteiger partial charge in [0.1, 0.15) is 16.7 Å². The topological polar surface area (TPSA) is 85.4 Å². The lowest BCUT2D eigenvalue weighted by Crippen LogP contribution is -2.34. The minimum atomic E-state index is -3.88. The maximum atomic E-state index is 13.0. The van der Waals surface area contributed by atoms with E-state index in [2.05, 4.69) is 16.3 Å². The number of ether oxygens (including phenoxy) is 1. The summed E-state index contributed by atoms with van der Waals surface area (Å²) in [5.41, 5.74) is 0.287. The van der Waals surface area contributed by atoms with Gasteiger partial charge in [0.25, 0.3) is 0 Å². The Kier molecular flexibility index (Phi) is 7.43. The van der Waals surface area contributed by atoms with Crippen molar-refractivity contribution < 1.29 is 17.9 Å². The van der Waals surface area contributed by atoms with E-state index in [1.165, 1.54) is 25.4 Å². The number of ketones is 1.